The molecule has 2 heterocycles. The molecule has 9 nitrogen and oxygen atoms in total. The summed E-state index contributed by atoms with van der Waals surface area (Å²) in [6.07, 6.45) is 1.85. The normalized spacial score (nSPS) is 14.1. The summed E-state index contributed by atoms with van der Waals surface area (Å²) < 4.78 is 17.2. The summed E-state index contributed by atoms with van der Waals surface area (Å²) in [7, 11) is 1.63. The highest BCUT2D eigenvalue weighted by Crippen LogP contribution is 2.38. The van der Waals surface area contributed by atoms with Gasteiger partial charge in [0.25, 0.3) is 12.1 Å². The summed E-state index contributed by atoms with van der Waals surface area (Å²) in [5.41, 5.74) is 9.96. The highest BCUT2D eigenvalue weighted by atomic mass is 35.5. The van der Waals surface area contributed by atoms with Crippen LogP contribution in [-0.4, -0.2) is 36.7 Å². The van der Waals surface area contributed by atoms with Crippen molar-refractivity contribution in [2.75, 3.05) is 35.9 Å². The molecule has 5 N–H and O–H groups in total. The lowest BCUT2D eigenvalue weighted by Gasteiger charge is -2.16. The number of alkyl halides is 1. The molecule has 0 saturated carbocycles. The Labute approximate surface area is 218 Å². The van der Waals surface area contributed by atoms with Gasteiger partial charge >= 0.3 is 0 Å². The monoisotopic (exact) mass is 519 g/mol. The molecule has 1 unspecified atom stereocenters. The van der Waals surface area contributed by atoms with Crippen LogP contribution in [-0.2, 0) is 4.79 Å². The lowest BCUT2D eigenvalue weighted by atomic mass is 10.1. The number of methoxy groups -OCH3 is 1. The van der Waals surface area contributed by atoms with Crippen LogP contribution < -0.4 is 35.9 Å². The predicted molar refractivity (Wildman–Crippen MR) is 145 cm³/mol. The summed E-state index contributed by atoms with van der Waals surface area (Å²) in [6, 6.07) is 18.5. The van der Waals surface area contributed by atoms with Gasteiger partial charge in [0, 0.05) is 23.5 Å². The van der Waals surface area contributed by atoms with Gasteiger partial charge in [-0.05, 0) is 55.0 Å². The molecule has 0 aliphatic carbocycles. The third-order valence-electron chi connectivity index (χ3n) is 5.72. The predicted octanol–water partition coefficient (Wildman–Crippen LogP) is 5.24. The first kappa shape index (κ1) is 24.3. The molecule has 1 aliphatic rings. The Kier molecular flexibility index (Phi) is 7.04. The Morgan fingerprint density at radius 1 is 1.08 bits per heavy atom. The van der Waals surface area contributed by atoms with Gasteiger partial charge in [0.1, 0.15) is 11.5 Å². The standard InChI is InChI=1S/C27H26ClN5O4/c1-35-24-13-18-20(14-21(24)30-12-4-11-28)31-15-19(29)25(18)32-16-7-9-17(10-8-16)36-22-5-2-3-6-23(22)37-27-26(34)33-27/h2-3,5-10,13-15,27,30H,4,11-12,29H2,1H3,(H,31,32)(H,33,34). The first-order valence-electron chi connectivity index (χ1n) is 11.7. The van der Waals surface area contributed by atoms with E-state index in [0.29, 0.717) is 34.6 Å². The van der Waals surface area contributed by atoms with E-state index in [1.54, 1.807) is 25.4 Å². The summed E-state index contributed by atoms with van der Waals surface area (Å²) in [5, 5.41) is 10.2. The number of aromatic nitrogens is 1. The minimum atomic E-state index is -0.618. The highest BCUT2D eigenvalue weighted by molar-refractivity contribution is 6.17. The van der Waals surface area contributed by atoms with Gasteiger partial charge in [-0.15, -0.1) is 11.6 Å². The van der Waals surface area contributed by atoms with Crippen LogP contribution in [0, 0.1) is 0 Å². The maximum absolute atomic E-state index is 11.2. The van der Waals surface area contributed by atoms with Crippen molar-refractivity contribution < 1.29 is 19.0 Å². The molecular weight excluding hydrogens is 494 g/mol. The van der Waals surface area contributed by atoms with Gasteiger partial charge in [-0.25, -0.2) is 0 Å². The third-order valence-corrected chi connectivity index (χ3v) is 5.99. The average molecular weight is 520 g/mol. The molecule has 190 valence electrons. The number of carbonyl (C=O) groups is 1. The van der Waals surface area contributed by atoms with Gasteiger partial charge in [-0.1, -0.05) is 12.1 Å². The van der Waals surface area contributed by atoms with Crippen molar-refractivity contribution in [1.29, 1.82) is 0 Å². The van der Waals surface area contributed by atoms with Crippen LogP contribution in [0.25, 0.3) is 10.9 Å². The summed E-state index contributed by atoms with van der Waals surface area (Å²) in [4.78, 5) is 15.8. The number of amides is 1. The molecule has 4 aromatic rings. The van der Waals surface area contributed by atoms with Crippen LogP contribution in [0.5, 0.6) is 23.0 Å². The van der Waals surface area contributed by atoms with Crippen molar-refractivity contribution in [1.82, 2.24) is 10.3 Å². The highest BCUT2D eigenvalue weighted by Gasteiger charge is 2.36. The van der Waals surface area contributed by atoms with Crippen molar-refractivity contribution in [2.24, 2.45) is 0 Å². The zero-order valence-electron chi connectivity index (χ0n) is 20.1. The van der Waals surface area contributed by atoms with Crippen molar-refractivity contribution in [3.63, 3.8) is 0 Å². The first-order valence-corrected chi connectivity index (χ1v) is 12.3. The maximum atomic E-state index is 11.2. The number of hydrogen-bond acceptors (Lipinski definition) is 8. The number of nitrogens with one attached hydrogen (secondary N) is 3. The number of ether oxygens (including phenoxy) is 3. The van der Waals surface area contributed by atoms with Crippen LogP contribution >= 0.6 is 11.6 Å². The Bertz CT molecular complexity index is 1430. The molecule has 1 aromatic heterocycles. The van der Waals surface area contributed by atoms with E-state index in [-0.39, 0.29) is 5.91 Å². The number of rotatable bonds is 11. The lowest BCUT2D eigenvalue weighted by Crippen LogP contribution is -2.05. The van der Waals surface area contributed by atoms with Crippen molar-refractivity contribution in [2.45, 2.75) is 12.6 Å². The molecular formula is C27H26ClN5O4. The number of fused-ring (bicyclic) bond motifs is 1. The van der Waals surface area contributed by atoms with Crippen molar-refractivity contribution in [3.8, 4) is 23.0 Å². The van der Waals surface area contributed by atoms with Crippen LogP contribution in [0.1, 0.15) is 6.42 Å². The summed E-state index contributed by atoms with van der Waals surface area (Å²) >= 11 is 5.80. The third kappa shape index (κ3) is 5.57. The molecule has 3 aromatic carbocycles. The van der Waals surface area contributed by atoms with Gasteiger partial charge < -0.3 is 35.9 Å². The number of nitrogens with two attached hydrogens (primary N) is 1. The summed E-state index contributed by atoms with van der Waals surface area (Å²) in [5.74, 6) is 2.72. The van der Waals surface area contributed by atoms with E-state index < -0.39 is 6.23 Å². The molecule has 1 atom stereocenters. The molecule has 5 rings (SSSR count). The minimum Gasteiger partial charge on any atom is -0.495 e. The fourth-order valence-electron chi connectivity index (χ4n) is 3.78. The van der Waals surface area contributed by atoms with Crippen LogP contribution in [0.2, 0.25) is 0 Å². The Morgan fingerprint density at radius 3 is 2.54 bits per heavy atom. The summed E-state index contributed by atoms with van der Waals surface area (Å²) in [6.45, 7) is 0.728. The smallest absolute Gasteiger partial charge is 0.285 e. The molecule has 0 bridgehead atoms. The van der Waals surface area contributed by atoms with Gasteiger partial charge in [-0.2, -0.15) is 0 Å². The van der Waals surface area contributed by atoms with Crippen LogP contribution in [0.4, 0.5) is 22.7 Å². The largest absolute Gasteiger partial charge is 0.495 e. The number of hydrogen-bond donors (Lipinski definition) is 4. The fraction of sp³-hybridized carbons (Fsp3) is 0.185. The average Bonchev–Trinajstić information content (AvgIpc) is 3.61. The number of nitrogens with zero attached hydrogens (tertiary/aromatic N) is 1. The van der Waals surface area contributed by atoms with E-state index in [9.17, 15) is 4.79 Å². The molecule has 1 saturated heterocycles. The van der Waals surface area contributed by atoms with Gasteiger partial charge in [0.2, 0.25) is 0 Å². The molecule has 0 radical (unpaired) electrons. The number of carbonyl (C=O) groups excluding carboxylic acids is 1. The Hall–Kier alpha value is -4.37. The number of nitrogen functional groups attached to an aromatic ring is 1. The van der Waals surface area contributed by atoms with E-state index in [4.69, 9.17) is 31.5 Å². The second kappa shape index (κ2) is 10.7. The molecule has 1 amide bonds. The number of anilines is 4. The molecule has 10 heteroatoms. The Balaban J connectivity index is 1.35. The quantitative estimate of drug-likeness (QED) is 0.120. The molecule has 0 spiro atoms. The number of para-hydroxylation sites is 2. The molecule has 1 aliphatic heterocycles. The second-order valence-corrected chi connectivity index (χ2v) is 8.71. The SMILES string of the molecule is COc1cc2c(Nc3ccc(Oc4ccccc4OC4NC4=O)cc3)c(N)cnc2cc1NCCCCl. The minimum absolute atomic E-state index is 0.149. The second-order valence-electron chi connectivity index (χ2n) is 8.33. The number of pyridine rings is 1. The van der Waals surface area contributed by atoms with E-state index in [1.165, 1.54) is 0 Å². The van der Waals surface area contributed by atoms with E-state index in [1.807, 2.05) is 48.5 Å². The molecule has 37 heavy (non-hydrogen) atoms. The fourth-order valence-corrected chi connectivity index (χ4v) is 3.91. The first-order chi connectivity index (χ1) is 18.1. The zero-order valence-corrected chi connectivity index (χ0v) is 20.8. The van der Waals surface area contributed by atoms with E-state index in [0.717, 1.165) is 40.9 Å². The van der Waals surface area contributed by atoms with Crippen molar-refractivity contribution >= 4 is 51.2 Å². The van der Waals surface area contributed by atoms with Gasteiger partial charge in [-0.3, -0.25) is 9.78 Å². The zero-order chi connectivity index (χ0) is 25.8. The number of benzene rings is 3. The number of halogens is 1. The topological polar surface area (TPSA) is 130 Å². The van der Waals surface area contributed by atoms with Crippen molar-refractivity contribution in [3.05, 3.63) is 66.9 Å². The van der Waals surface area contributed by atoms with Crippen LogP contribution in [0.3, 0.4) is 0 Å². The van der Waals surface area contributed by atoms with Gasteiger partial charge in [0.15, 0.2) is 11.5 Å². The van der Waals surface area contributed by atoms with Crippen LogP contribution in [0.15, 0.2) is 66.9 Å². The lowest BCUT2D eigenvalue weighted by molar-refractivity contribution is -0.112. The van der Waals surface area contributed by atoms with Gasteiger partial charge in [0.05, 0.1) is 35.9 Å². The Morgan fingerprint density at radius 2 is 1.84 bits per heavy atom. The van der Waals surface area contributed by atoms with E-state index in [2.05, 4.69) is 20.9 Å². The van der Waals surface area contributed by atoms with E-state index >= 15 is 0 Å². The maximum Gasteiger partial charge on any atom is 0.285 e. The molecule has 1 fully saturated rings.